The smallest absolute Gasteiger partial charge is 0.309 e. The summed E-state index contributed by atoms with van der Waals surface area (Å²) in [4.78, 5) is 10.6. The molecule has 0 fully saturated rings. The van der Waals surface area contributed by atoms with E-state index >= 15 is 0 Å². The molecule has 3 nitrogen and oxygen atoms in total. The Kier molecular flexibility index (Phi) is 2.91. The number of aliphatic carboxylic acids is 1. The number of carbonyl (C=O) groups is 1. The molecule has 0 aromatic carbocycles. The first-order valence-electron chi connectivity index (χ1n) is 4.06. The summed E-state index contributed by atoms with van der Waals surface area (Å²) >= 11 is 0. The zero-order chi connectivity index (χ0) is 10.2. The van der Waals surface area contributed by atoms with Gasteiger partial charge in [0.15, 0.2) is 0 Å². The zero-order valence-electron chi connectivity index (χ0n) is 8.38. The van der Waals surface area contributed by atoms with Crippen LogP contribution in [-0.4, -0.2) is 21.8 Å². The quantitative estimate of drug-likeness (QED) is 0.667. The monoisotopic (exact) mass is 174 g/mol. The number of carboxylic acid groups (broad SMARTS) is 1. The summed E-state index contributed by atoms with van der Waals surface area (Å²) in [5, 5.41) is 18.6. The number of hydrogen-bond donors (Lipinski definition) is 2. The third-order valence-electron chi connectivity index (χ3n) is 2.73. The Balaban J connectivity index is 4.73. The van der Waals surface area contributed by atoms with Crippen LogP contribution in [0.4, 0.5) is 0 Å². The van der Waals surface area contributed by atoms with Gasteiger partial charge in [-0.05, 0) is 19.3 Å². The summed E-state index contributed by atoms with van der Waals surface area (Å²) in [6.45, 7) is 8.56. The molecule has 2 N–H and O–H groups in total. The predicted octanol–water partition coefficient (Wildman–Crippen LogP) is 1.50. The largest absolute Gasteiger partial charge is 0.481 e. The molecular formula is C9H18O3. The van der Waals surface area contributed by atoms with Crippen LogP contribution in [0.5, 0.6) is 0 Å². The van der Waals surface area contributed by atoms with Gasteiger partial charge in [-0.2, -0.15) is 0 Å². The first-order chi connectivity index (χ1) is 5.10. The van der Waals surface area contributed by atoms with E-state index in [0.29, 0.717) is 0 Å². The highest BCUT2D eigenvalue weighted by Crippen LogP contribution is 2.35. The lowest BCUT2D eigenvalue weighted by Crippen LogP contribution is -2.48. The molecule has 12 heavy (non-hydrogen) atoms. The fraction of sp³-hybridized carbons (Fsp3) is 0.889. The summed E-state index contributed by atoms with van der Waals surface area (Å²) in [7, 11) is 0. The van der Waals surface area contributed by atoms with Crippen LogP contribution in [0.3, 0.4) is 0 Å². The highest BCUT2D eigenvalue weighted by Gasteiger charge is 2.43. The van der Waals surface area contributed by atoms with Crippen molar-refractivity contribution in [2.24, 2.45) is 11.3 Å². The minimum atomic E-state index is -1.18. The molecule has 0 aliphatic rings. The van der Waals surface area contributed by atoms with Crippen molar-refractivity contribution < 1.29 is 15.0 Å². The lowest BCUT2D eigenvalue weighted by atomic mass is 9.71. The molecule has 0 aliphatic carbocycles. The molecule has 0 aliphatic heterocycles. The second-order valence-corrected chi connectivity index (χ2v) is 4.46. The minimum absolute atomic E-state index is 0.426. The third kappa shape index (κ3) is 1.97. The van der Waals surface area contributed by atoms with Crippen molar-refractivity contribution >= 4 is 5.97 Å². The van der Waals surface area contributed by atoms with Gasteiger partial charge in [0.1, 0.15) is 0 Å². The maximum atomic E-state index is 10.6. The molecule has 2 atom stereocenters. The molecule has 0 bridgehead atoms. The van der Waals surface area contributed by atoms with Gasteiger partial charge in [0, 0.05) is 0 Å². The van der Waals surface area contributed by atoms with E-state index in [4.69, 9.17) is 5.11 Å². The second-order valence-electron chi connectivity index (χ2n) is 4.46. The number of hydrogen-bond acceptors (Lipinski definition) is 2. The molecule has 0 aromatic heterocycles. The van der Waals surface area contributed by atoms with E-state index in [1.54, 1.807) is 6.92 Å². The van der Waals surface area contributed by atoms with E-state index in [0.717, 1.165) is 0 Å². The van der Waals surface area contributed by atoms with Gasteiger partial charge in [-0.15, -0.1) is 0 Å². The summed E-state index contributed by atoms with van der Waals surface area (Å²) in [5.74, 6) is -1.72. The van der Waals surface area contributed by atoms with E-state index < -0.39 is 22.9 Å². The van der Waals surface area contributed by atoms with E-state index in [-0.39, 0.29) is 0 Å². The van der Waals surface area contributed by atoms with Gasteiger partial charge in [-0.3, -0.25) is 4.79 Å². The maximum absolute atomic E-state index is 10.6. The molecule has 72 valence electrons. The van der Waals surface area contributed by atoms with Crippen LogP contribution < -0.4 is 0 Å². The highest BCUT2D eigenvalue weighted by atomic mass is 16.4. The average Bonchev–Trinajstić information content (AvgIpc) is 1.83. The molecule has 0 heterocycles. The van der Waals surface area contributed by atoms with Gasteiger partial charge < -0.3 is 10.2 Å². The van der Waals surface area contributed by atoms with Gasteiger partial charge in [-0.1, -0.05) is 20.8 Å². The molecule has 0 saturated heterocycles. The van der Waals surface area contributed by atoms with Crippen molar-refractivity contribution in [2.75, 3.05) is 0 Å². The lowest BCUT2D eigenvalue weighted by Gasteiger charge is -2.39. The van der Waals surface area contributed by atoms with Crippen molar-refractivity contribution in [3.8, 4) is 0 Å². The molecule has 0 aromatic rings. The van der Waals surface area contributed by atoms with Gasteiger partial charge in [0.05, 0.1) is 11.5 Å². The SMILES string of the molecule is C[C@H](C(=O)O)[C@@](C)(O)C(C)(C)C. The van der Waals surface area contributed by atoms with Crippen molar-refractivity contribution in [1.29, 1.82) is 0 Å². The number of carboxylic acids is 1. The molecule has 0 radical (unpaired) electrons. The van der Waals surface area contributed by atoms with Gasteiger partial charge >= 0.3 is 5.97 Å². The predicted molar refractivity (Wildman–Crippen MR) is 46.9 cm³/mol. The van der Waals surface area contributed by atoms with Gasteiger partial charge in [0.2, 0.25) is 0 Å². The maximum Gasteiger partial charge on any atom is 0.309 e. The molecule has 0 amide bonds. The van der Waals surface area contributed by atoms with Crippen molar-refractivity contribution in [3.05, 3.63) is 0 Å². The summed E-state index contributed by atoms with van der Waals surface area (Å²) in [6, 6.07) is 0. The molecular weight excluding hydrogens is 156 g/mol. The Morgan fingerprint density at radius 2 is 1.58 bits per heavy atom. The topological polar surface area (TPSA) is 57.5 Å². The van der Waals surface area contributed by atoms with E-state index in [2.05, 4.69) is 0 Å². The Morgan fingerprint density at radius 1 is 1.25 bits per heavy atom. The van der Waals surface area contributed by atoms with Crippen LogP contribution in [0, 0.1) is 11.3 Å². The van der Waals surface area contributed by atoms with E-state index in [1.807, 2.05) is 20.8 Å². The molecule has 0 unspecified atom stereocenters. The highest BCUT2D eigenvalue weighted by molar-refractivity contribution is 5.71. The Morgan fingerprint density at radius 3 is 1.67 bits per heavy atom. The second kappa shape index (κ2) is 3.05. The van der Waals surface area contributed by atoms with Gasteiger partial charge in [-0.25, -0.2) is 0 Å². The summed E-state index contributed by atoms with van der Waals surface area (Å²) in [5.41, 5.74) is -1.61. The Bertz CT molecular complexity index is 177. The lowest BCUT2D eigenvalue weighted by molar-refractivity contribution is -0.158. The Hall–Kier alpha value is -0.570. The van der Waals surface area contributed by atoms with Crippen LogP contribution >= 0.6 is 0 Å². The van der Waals surface area contributed by atoms with Crippen LogP contribution in [0.25, 0.3) is 0 Å². The molecule has 0 rings (SSSR count). The standard InChI is InChI=1S/C9H18O3/c1-6(7(10)11)9(5,12)8(2,3)4/h6,12H,1-5H3,(H,10,11)/t6-,9-/m1/s1. The normalized spacial score (nSPS) is 19.8. The minimum Gasteiger partial charge on any atom is -0.481 e. The average molecular weight is 174 g/mol. The van der Waals surface area contributed by atoms with E-state index in [9.17, 15) is 9.90 Å². The fourth-order valence-electron chi connectivity index (χ4n) is 0.890. The summed E-state index contributed by atoms with van der Waals surface area (Å²) in [6.07, 6.45) is 0. The van der Waals surface area contributed by atoms with Crippen LogP contribution in [0.1, 0.15) is 34.6 Å². The number of aliphatic hydroxyl groups is 1. The third-order valence-corrected chi connectivity index (χ3v) is 2.73. The Labute approximate surface area is 73.4 Å². The van der Waals surface area contributed by atoms with E-state index in [1.165, 1.54) is 6.92 Å². The van der Waals surface area contributed by atoms with Crippen molar-refractivity contribution in [3.63, 3.8) is 0 Å². The zero-order valence-corrected chi connectivity index (χ0v) is 8.38. The van der Waals surface area contributed by atoms with Crippen molar-refractivity contribution in [2.45, 2.75) is 40.2 Å². The van der Waals surface area contributed by atoms with Crippen LogP contribution in [-0.2, 0) is 4.79 Å². The molecule has 3 heteroatoms. The fourth-order valence-corrected chi connectivity index (χ4v) is 0.890. The van der Waals surface area contributed by atoms with Crippen LogP contribution in [0.15, 0.2) is 0 Å². The first kappa shape index (κ1) is 11.4. The number of rotatable bonds is 2. The van der Waals surface area contributed by atoms with Crippen LogP contribution in [0.2, 0.25) is 0 Å². The summed E-state index contributed by atoms with van der Waals surface area (Å²) < 4.78 is 0. The van der Waals surface area contributed by atoms with Gasteiger partial charge in [0.25, 0.3) is 0 Å². The molecule has 0 saturated carbocycles. The van der Waals surface area contributed by atoms with Crippen molar-refractivity contribution in [1.82, 2.24) is 0 Å². The first-order valence-corrected chi connectivity index (χ1v) is 4.06. The molecule has 0 spiro atoms.